The molecule has 0 radical (unpaired) electrons. The van der Waals surface area contributed by atoms with Crippen molar-refractivity contribution < 1.29 is 122 Å². The summed E-state index contributed by atoms with van der Waals surface area (Å²) < 4.78 is 126. The van der Waals surface area contributed by atoms with Gasteiger partial charge in [0.2, 0.25) is 5.95 Å². The largest absolute Gasteiger partial charge is 0.476 e. The first-order valence-corrected chi connectivity index (χ1v) is 55.8. The lowest BCUT2D eigenvalue weighted by Crippen LogP contribution is -2.50. The maximum atomic E-state index is 13.7. The molecule has 66 heteroatoms. The first-order valence-electron chi connectivity index (χ1n) is 39.5. The lowest BCUT2D eigenvalue weighted by atomic mass is 9.94. The van der Waals surface area contributed by atoms with E-state index in [2.05, 4.69) is 133 Å². The van der Waals surface area contributed by atoms with Crippen molar-refractivity contribution >= 4 is 173 Å². The van der Waals surface area contributed by atoms with E-state index in [1.165, 1.54) is 82.3 Å². The molecule has 7 aliphatic rings. The molecule has 16 heterocycles. The molecule has 9 aromatic rings. The van der Waals surface area contributed by atoms with E-state index in [9.17, 15) is 63.2 Å². The van der Waals surface area contributed by atoms with Crippen LogP contribution in [0, 0.1) is 32.6 Å². The number of aryl methyl sites for hydroxylation is 3. The maximum Gasteiger partial charge on any atom is 0.476 e. The minimum Gasteiger partial charge on any atom is -0.394 e. The Labute approximate surface area is 771 Å². The van der Waals surface area contributed by atoms with Gasteiger partial charge in [-0.1, -0.05) is 13.8 Å². The molecule has 7 saturated heterocycles. The van der Waals surface area contributed by atoms with Crippen molar-refractivity contribution in [3.05, 3.63) is 129 Å². The number of hydrogen-bond acceptors (Lipinski definition) is 51. The van der Waals surface area contributed by atoms with E-state index in [4.69, 9.17) is 110 Å². The quantitative estimate of drug-likeness (QED) is 0.0200. The molecule has 16 rings (SSSR count). The number of nitrogens with one attached hydrogen (secondary N) is 3. The van der Waals surface area contributed by atoms with Crippen molar-refractivity contribution in [2.45, 2.75) is 183 Å². The van der Waals surface area contributed by atoms with Gasteiger partial charge in [-0.05, 0) is 27.7 Å². The molecule has 12 unspecified atom stereocenters. The summed E-state index contributed by atoms with van der Waals surface area (Å²) in [6.45, 7) is 5.25. The minimum absolute atomic E-state index is 0.0105. The van der Waals surface area contributed by atoms with Crippen molar-refractivity contribution in [1.82, 2.24) is 87.2 Å². The summed E-state index contributed by atoms with van der Waals surface area (Å²) in [7, 11) is -25.4. The number of hydrogen-bond donors (Lipinski definition) is 20. The van der Waals surface area contributed by atoms with Gasteiger partial charge in [-0.15, -0.1) is 0 Å². The molecule has 2 bridgehead atoms. The predicted octanol–water partition coefficient (Wildman–Crippen LogP) is 2.03. The smallest absolute Gasteiger partial charge is 0.394 e. The number of fused-ring (bicyclic) bond motifs is 5. The topological polar surface area (TPSA) is 716 Å². The fraction of sp³-hybridized carbons (Fsp3) is 0.585. The van der Waals surface area contributed by atoms with Crippen LogP contribution in [0.4, 0.5) is 23.4 Å². The molecule has 714 valence electrons. The van der Waals surface area contributed by atoms with Gasteiger partial charge in [0, 0.05) is 66.4 Å². The van der Waals surface area contributed by atoms with Crippen LogP contribution in [0.2, 0.25) is 0 Å². The Morgan fingerprint density at radius 2 is 0.885 bits per heavy atom. The zero-order valence-corrected chi connectivity index (χ0v) is 80.1. The molecule has 0 amide bonds. The number of aliphatic hydroxyl groups is 1. The summed E-state index contributed by atoms with van der Waals surface area (Å²) in [6, 6.07) is 0. The molecule has 9 aromatic heterocycles. The zero-order valence-electron chi connectivity index (χ0n) is 69.3. The van der Waals surface area contributed by atoms with Gasteiger partial charge in [0.15, 0.2) is 52.0 Å². The van der Waals surface area contributed by atoms with Crippen LogP contribution in [0.5, 0.6) is 0 Å². The zero-order chi connectivity index (χ0) is 94.0. The van der Waals surface area contributed by atoms with Crippen LogP contribution in [-0.2, 0) is 87.4 Å². The highest BCUT2D eigenvalue weighted by molar-refractivity contribution is 8.48. The summed E-state index contributed by atoms with van der Waals surface area (Å²) in [5.41, 5.74) is 19.0. The SMILES string of the molecule is CO[P+](O)(S)OC1C[C@H](n2cc(C)c(=O)[nH]c2=O)O[C@@H]1CO[P+](O)(S)OC1C[C@H](n2cnc3c(N)ncnc32)O[C@@H]1CO[P+](O)(S)OC1C[C@H](n2cc(C)c(=O)[nH]c2=O)O[C@@H]1CO[P+](O)(S)OC1[C@@H]2O[C@@H](C)[C@]1(CO[P+](O)(S)OC1[C@@H](CO[P+](O)(S)OC3[C@@H](CO)O[C@@H](n4cc(C)c(N)nc4=O)[C@H]3C)O[C@@H](n3cnc4c(=O)[nH]c(N)nc43)[C@H]1C)O[C@H]2n1cnc2c(N)ncnc21. The summed E-state index contributed by atoms with van der Waals surface area (Å²) in [4.78, 5) is 195. The Morgan fingerprint density at radius 3 is 1.40 bits per heavy atom. The lowest BCUT2D eigenvalue weighted by molar-refractivity contribution is -0.214. The lowest BCUT2D eigenvalue weighted by Gasteiger charge is -2.35. The van der Waals surface area contributed by atoms with Gasteiger partial charge in [-0.3, -0.25) is 56.7 Å². The number of imidazole rings is 3. The van der Waals surface area contributed by atoms with Crippen molar-refractivity contribution in [1.29, 1.82) is 0 Å². The van der Waals surface area contributed by atoms with E-state index in [-0.39, 0.29) is 87.3 Å². The Bertz CT molecular complexity index is 6130. The third-order valence-electron chi connectivity index (χ3n) is 22.8. The third kappa shape index (κ3) is 20.7. The molecule has 0 aliphatic carbocycles. The molecule has 131 heavy (non-hydrogen) atoms. The predicted molar refractivity (Wildman–Crippen MR) is 483 cm³/mol. The number of nitrogen functional groups attached to an aromatic ring is 4. The summed E-state index contributed by atoms with van der Waals surface area (Å²) in [5, 5.41) is 10.5. The number of anilines is 4. The second kappa shape index (κ2) is 38.4. The number of aromatic nitrogens is 18. The fourth-order valence-electron chi connectivity index (χ4n) is 16.3. The normalized spacial score (nSPS) is 31.9. The summed E-state index contributed by atoms with van der Waals surface area (Å²) in [6.07, 6.45) is -14.4. The van der Waals surface area contributed by atoms with Crippen LogP contribution in [0.15, 0.2) is 79.0 Å². The monoisotopic (exact) mass is 2070 g/mol. The van der Waals surface area contributed by atoms with Crippen LogP contribution in [0.3, 0.4) is 0 Å². The maximum absolute atomic E-state index is 13.7. The first kappa shape index (κ1) is 98.6. The second-order valence-electron chi connectivity index (χ2n) is 31.4. The number of rotatable bonds is 35. The Balaban J connectivity index is 0.639. The molecule has 7 aliphatic heterocycles. The highest BCUT2D eigenvalue weighted by atomic mass is 32.7. The highest BCUT2D eigenvalue weighted by Crippen LogP contribution is 2.72. The molecule has 28 atom stereocenters. The number of nitrogens with two attached hydrogens (primary N) is 4. The van der Waals surface area contributed by atoms with E-state index in [1.54, 1.807) is 27.7 Å². The average Bonchev–Trinajstić information content (AvgIpc) is 1.54. The van der Waals surface area contributed by atoms with E-state index in [0.29, 0.717) is 5.56 Å². The van der Waals surface area contributed by atoms with Gasteiger partial charge >= 0.3 is 59.9 Å². The summed E-state index contributed by atoms with van der Waals surface area (Å²) >= 11 is 26.8. The first-order chi connectivity index (χ1) is 61.7. The highest BCUT2D eigenvalue weighted by Gasteiger charge is 2.73. The van der Waals surface area contributed by atoms with Gasteiger partial charge in [-0.25, -0.2) is 49.3 Å². The fourth-order valence-corrected chi connectivity index (χ4v) is 25.0. The van der Waals surface area contributed by atoms with Crippen molar-refractivity contribution in [2.24, 2.45) is 11.8 Å². The van der Waals surface area contributed by atoms with Crippen molar-refractivity contribution in [2.75, 3.05) is 69.7 Å². The Morgan fingerprint density at radius 1 is 0.458 bits per heavy atom. The number of aromatic amines is 3. The van der Waals surface area contributed by atoms with Crippen molar-refractivity contribution in [3.8, 4) is 0 Å². The van der Waals surface area contributed by atoms with E-state index >= 15 is 0 Å². The minimum atomic E-state index is -4.70. The van der Waals surface area contributed by atoms with Gasteiger partial charge in [0.25, 0.3) is 16.7 Å². The molecular weight excluding hydrogens is 1980 g/mol. The number of nitrogens with zero attached hydrogens (tertiary/aromatic N) is 15. The van der Waals surface area contributed by atoms with Gasteiger partial charge in [0.05, 0.1) is 112 Å². The molecule has 18 N–H and O–H groups in total. The van der Waals surface area contributed by atoms with Crippen LogP contribution >= 0.6 is 116 Å². The van der Waals surface area contributed by atoms with Crippen LogP contribution in [0.25, 0.3) is 33.5 Å². The standard InChI is InChI=1S/C65H88N22O32P6S6/c1-25-11-84(62(92)77-49(25)66)58-28(4)45(34(14-88)111-58)117-123(98,129)105-18-38-46(29(5)59(112-38)87-24-76-44-54(87)78-61(69)79-57(44)91)118-125(100,131)106-19-65-30(6)107-47(60(113-65)86-23-75-43-51(68)71-21-73-53(43)86)48(65)119-124(99,130)104-17-36-32(9-40(109-36)83-13-27(3)56(90)81-64(83)94)115-121(96,127)103-16-37-33(10-41(110-37)85-22-74-42-50(67)70-20-72-52(42)85)116-122(97,128)102-15-35-31(114-120(95,126)101-7)8-39(108-35)82-12-26(2)55(89)80-63(82)93/h11-13,20-24,28-41,45-48,58-60,88,95-100,126-131H,8-10,14-19H2,1-7H3,(H7-4,66,67,68,69,70,71,72,73,77,78,79,80,81,89,90,91,92,93,94)/q+2/p+4/t28-,29-,30-,31?,32?,33?,34+,35+,36+,37+,38+,39+,40+,41+,45?,46?,47-,48?,58+,59+,60+,65-,120?,121?,122?,123?,124?,125?/m0/s1. The molecule has 0 aromatic carbocycles. The van der Waals surface area contributed by atoms with E-state index in [1.807, 2.05) is 0 Å². The molecule has 7 fully saturated rings. The van der Waals surface area contributed by atoms with Crippen LogP contribution in [-0.4, -0.2) is 253 Å². The van der Waals surface area contributed by atoms with Crippen LogP contribution in [0.1, 0.15) is 94.1 Å². The van der Waals surface area contributed by atoms with E-state index in [0.717, 1.165) is 16.2 Å². The second-order valence-corrected chi connectivity index (χ2v) is 49.3. The molecule has 54 nitrogen and oxygen atoms in total. The molecule has 0 saturated carbocycles. The number of thiol groups is 6. The van der Waals surface area contributed by atoms with Crippen molar-refractivity contribution in [3.63, 3.8) is 0 Å². The number of aliphatic hydroxyl groups excluding tert-OH is 1. The third-order valence-corrected chi connectivity index (χ3v) is 32.8. The van der Waals surface area contributed by atoms with Crippen LogP contribution < -0.4 is 56.7 Å². The number of ether oxygens (including phenoxy) is 7. The number of H-pyrrole nitrogens is 3. The summed E-state index contributed by atoms with van der Waals surface area (Å²) in [5.74, 6) is -2.00. The molecular formula is C65H92N22O32P6S6+6. The van der Waals surface area contributed by atoms with Gasteiger partial charge in [-0.2, -0.15) is 93.6 Å². The van der Waals surface area contributed by atoms with Gasteiger partial charge < -0.3 is 61.2 Å². The van der Waals surface area contributed by atoms with E-state index < -0.39 is 250 Å². The molecule has 0 spiro atoms. The Hall–Kier alpha value is -5.47. The van der Waals surface area contributed by atoms with Gasteiger partial charge in [0.1, 0.15) is 161 Å². The average molecular weight is 2070 g/mol. The Kier molecular flexibility index (Phi) is 28.9.